The van der Waals surface area contributed by atoms with E-state index in [1.165, 1.54) is 22.3 Å². The van der Waals surface area contributed by atoms with Crippen molar-refractivity contribution in [3.05, 3.63) is 99.4 Å². The van der Waals surface area contributed by atoms with E-state index >= 15 is 0 Å². The maximum Gasteiger partial charge on any atom is 0.145 e. The number of ether oxygens (including phenoxy) is 1. The summed E-state index contributed by atoms with van der Waals surface area (Å²) in [6, 6.07) is 10.7. The van der Waals surface area contributed by atoms with Crippen molar-refractivity contribution in [3.8, 4) is 11.8 Å². The average Bonchev–Trinajstić information content (AvgIpc) is 3.06. The first-order valence-corrected chi connectivity index (χ1v) is 10.8. The fraction of sp³-hybridized carbons (Fsp3) is 0.269. The van der Waals surface area contributed by atoms with Crippen LogP contribution < -0.4 is 4.74 Å². The van der Waals surface area contributed by atoms with Crippen molar-refractivity contribution >= 4 is 11.6 Å². The highest BCUT2D eigenvalue weighted by Crippen LogP contribution is 2.64. The van der Waals surface area contributed by atoms with Gasteiger partial charge in [0.15, 0.2) is 0 Å². The molecule has 1 aromatic rings. The third-order valence-corrected chi connectivity index (χ3v) is 7.23. The molecule has 0 N–H and O–H groups in total. The van der Waals surface area contributed by atoms with E-state index in [0.29, 0.717) is 0 Å². The van der Waals surface area contributed by atoms with Crippen LogP contribution in [0.5, 0.6) is 5.75 Å². The first-order chi connectivity index (χ1) is 14.3. The van der Waals surface area contributed by atoms with Gasteiger partial charge in [-0.2, -0.15) is 5.26 Å². The van der Waals surface area contributed by atoms with E-state index in [2.05, 4.69) is 48.6 Å². The molecule has 0 amide bonds. The molecule has 2 nitrogen and oxygen atoms in total. The standard InChI is InChI=1S/C26H20ClNO/c27-22-13-6-11-20-24(22)17-8-1-2-9-18(17)26(20)19-10-3-4-14-23(19)29-25-16(15-28)7-5-12-21(25)26/h2-4,6,9-12,14,22H,1,5,7-8,13H2. The van der Waals surface area contributed by atoms with Gasteiger partial charge in [-0.15, -0.1) is 11.6 Å². The van der Waals surface area contributed by atoms with E-state index in [9.17, 15) is 5.26 Å². The lowest BCUT2D eigenvalue weighted by Gasteiger charge is -2.44. The monoisotopic (exact) mass is 397 g/mol. The minimum atomic E-state index is -0.432. The molecule has 0 radical (unpaired) electrons. The molecular weight excluding hydrogens is 378 g/mol. The molecule has 4 aliphatic carbocycles. The van der Waals surface area contributed by atoms with Gasteiger partial charge in [-0.05, 0) is 60.5 Å². The van der Waals surface area contributed by atoms with Gasteiger partial charge in [-0.1, -0.05) is 48.6 Å². The maximum absolute atomic E-state index is 9.83. The van der Waals surface area contributed by atoms with Crippen LogP contribution in [0.25, 0.3) is 0 Å². The van der Waals surface area contributed by atoms with E-state index in [4.69, 9.17) is 16.3 Å². The van der Waals surface area contributed by atoms with Crippen molar-refractivity contribution in [2.24, 2.45) is 0 Å². The first kappa shape index (κ1) is 17.1. The van der Waals surface area contributed by atoms with Crippen LogP contribution >= 0.6 is 11.6 Å². The zero-order chi connectivity index (χ0) is 19.6. The zero-order valence-corrected chi connectivity index (χ0v) is 16.8. The second-order valence-electron chi connectivity index (χ2n) is 8.19. The van der Waals surface area contributed by atoms with Gasteiger partial charge >= 0.3 is 0 Å². The molecule has 1 spiro atoms. The maximum atomic E-state index is 9.83. The van der Waals surface area contributed by atoms with Crippen molar-refractivity contribution in [1.82, 2.24) is 0 Å². The molecule has 1 aromatic carbocycles. The highest BCUT2D eigenvalue weighted by molar-refractivity contribution is 6.23. The Balaban J connectivity index is 1.78. The third kappa shape index (κ3) is 2.07. The fourth-order valence-electron chi connectivity index (χ4n) is 5.78. The summed E-state index contributed by atoms with van der Waals surface area (Å²) in [4.78, 5) is 0. The Morgan fingerprint density at radius 1 is 1.07 bits per heavy atom. The molecule has 0 fully saturated rings. The number of halogens is 1. The summed E-state index contributed by atoms with van der Waals surface area (Å²) in [5, 5.41) is 9.82. The summed E-state index contributed by atoms with van der Waals surface area (Å²) in [7, 11) is 0. The summed E-state index contributed by atoms with van der Waals surface area (Å²) >= 11 is 6.92. The number of hydrogen-bond acceptors (Lipinski definition) is 2. The van der Waals surface area contributed by atoms with Crippen LogP contribution in [0.2, 0.25) is 0 Å². The van der Waals surface area contributed by atoms with Crippen molar-refractivity contribution in [2.45, 2.75) is 42.9 Å². The Kier molecular flexibility index (Phi) is 3.61. The minimum absolute atomic E-state index is 0.00654. The molecule has 6 rings (SSSR count). The molecule has 2 atom stereocenters. The molecule has 1 aliphatic heterocycles. The lowest BCUT2D eigenvalue weighted by atomic mass is 9.61. The second kappa shape index (κ2) is 6.12. The summed E-state index contributed by atoms with van der Waals surface area (Å²) in [5.74, 6) is 1.60. The number of nitrogens with zero attached hydrogens (tertiary/aromatic N) is 1. The Hall–Kier alpha value is -2.76. The topological polar surface area (TPSA) is 33.0 Å². The van der Waals surface area contributed by atoms with Crippen molar-refractivity contribution in [3.63, 3.8) is 0 Å². The van der Waals surface area contributed by atoms with Gasteiger partial charge in [-0.25, -0.2) is 0 Å². The van der Waals surface area contributed by atoms with Gasteiger partial charge in [0.1, 0.15) is 11.5 Å². The lowest BCUT2D eigenvalue weighted by Crippen LogP contribution is -2.38. The van der Waals surface area contributed by atoms with Gasteiger partial charge in [0.25, 0.3) is 0 Å². The molecule has 0 aromatic heterocycles. The normalized spacial score (nSPS) is 29.1. The predicted octanol–water partition coefficient (Wildman–Crippen LogP) is 6.34. The second-order valence-corrected chi connectivity index (χ2v) is 8.72. The van der Waals surface area contributed by atoms with E-state index in [-0.39, 0.29) is 5.38 Å². The largest absolute Gasteiger partial charge is 0.456 e. The van der Waals surface area contributed by atoms with Crippen LogP contribution in [-0.4, -0.2) is 5.38 Å². The van der Waals surface area contributed by atoms with Crippen molar-refractivity contribution < 1.29 is 4.74 Å². The van der Waals surface area contributed by atoms with Crippen LogP contribution in [0.1, 0.15) is 37.7 Å². The van der Waals surface area contributed by atoms with Gasteiger partial charge in [0.05, 0.1) is 22.4 Å². The molecule has 5 aliphatic rings. The molecule has 0 saturated carbocycles. The number of rotatable bonds is 0. The predicted molar refractivity (Wildman–Crippen MR) is 115 cm³/mol. The quantitative estimate of drug-likeness (QED) is 0.478. The van der Waals surface area contributed by atoms with Crippen molar-refractivity contribution in [1.29, 1.82) is 5.26 Å². The molecule has 142 valence electrons. The highest BCUT2D eigenvalue weighted by atomic mass is 35.5. The van der Waals surface area contributed by atoms with Crippen LogP contribution in [-0.2, 0) is 5.41 Å². The van der Waals surface area contributed by atoms with Crippen LogP contribution in [0.4, 0.5) is 0 Å². The van der Waals surface area contributed by atoms with E-state index in [1.54, 1.807) is 0 Å². The number of para-hydroxylation sites is 1. The molecular formula is C26H20ClNO. The Bertz CT molecular complexity index is 1180. The number of nitriles is 1. The van der Waals surface area contributed by atoms with Crippen LogP contribution in [0, 0.1) is 11.3 Å². The molecule has 2 unspecified atom stereocenters. The zero-order valence-electron chi connectivity index (χ0n) is 16.0. The molecule has 0 saturated heterocycles. The van der Waals surface area contributed by atoms with Crippen LogP contribution in [0.15, 0.2) is 93.8 Å². The number of hydrogen-bond donors (Lipinski definition) is 0. The minimum Gasteiger partial charge on any atom is -0.456 e. The number of benzene rings is 1. The van der Waals surface area contributed by atoms with E-state index < -0.39 is 5.41 Å². The van der Waals surface area contributed by atoms with Gasteiger partial charge < -0.3 is 4.74 Å². The summed E-state index contributed by atoms with van der Waals surface area (Å²) in [5.41, 5.74) is 7.89. The summed E-state index contributed by atoms with van der Waals surface area (Å²) in [6.07, 6.45) is 15.9. The van der Waals surface area contributed by atoms with Gasteiger partial charge in [0, 0.05) is 11.1 Å². The fourth-order valence-corrected chi connectivity index (χ4v) is 6.13. The number of fused-ring (bicyclic) bond motifs is 7. The smallest absolute Gasteiger partial charge is 0.145 e. The van der Waals surface area contributed by atoms with Gasteiger partial charge in [0.2, 0.25) is 0 Å². The Labute approximate surface area is 175 Å². The Morgan fingerprint density at radius 3 is 2.83 bits per heavy atom. The number of alkyl halides is 1. The summed E-state index contributed by atoms with van der Waals surface area (Å²) in [6.45, 7) is 0. The average molecular weight is 398 g/mol. The van der Waals surface area contributed by atoms with Gasteiger partial charge in [-0.3, -0.25) is 0 Å². The highest BCUT2D eigenvalue weighted by Gasteiger charge is 2.55. The van der Waals surface area contributed by atoms with Crippen molar-refractivity contribution in [2.75, 3.05) is 0 Å². The van der Waals surface area contributed by atoms with E-state index in [1.807, 2.05) is 12.1 Å². The molecule has 0 bridgehead atoms. The summed E-state index contributed by atoms with van der Waals surface area (Å²) < 4.78 is 6.37. The molecule has 29 heavy (non-hydrogen) atoms. The first-order valence-electron chi connectivity index (χ1n) is 10.3. The van der Waals surface area contributed by atoms with E-state index in [0.717, 1.165) is 60.3 Å². The number of allylic oxidation sites excluding steroid dienone is 11. The molecule has 1 heterocycles. The van der Waals surface area contributed by atoms with Crippen LogP contribution in [0.3, 0.4) is 0 Å². The third-order valence-electron chi connectivity index (χ3n) is 6.84. The Morgan fingerprint density at radius 2 is 1.93 bits per heavy atom. The lowest BCUT2D eigenvalue weighted by molar-refractivity contribution is 0.378. The molecule has 3 heteroatoms. The SMILES string of the molecule is N#CC1=C2Oc3ccccc3C3(C2=CCC1)C1=C(CCC=C1)C1=C3C=CCC1Cl.